The number of halogens is 1. The number of amidine groups is 1. The second-order valence-corrected chi connectivity index (χ2v) is 5.59. The van der Waals surface area contributed by atoms with Crippen LogP contribution in [0.15, 0.2) is 39.8 Å². The lowest BCUT2D eigenvalue weighted by molar-refractivity contribution is 0.315. The van der Waals surface area contributed by atoms with Crippen molar-refractivity contribution in [1.29, 1.82) is 0 Å². The summed E-state index contributed by atoms with van der Waals surface area (Å²) in [6, 6.07) is 10.5. The first-order valence-electron chi connectivity index (χ1n) is 6.94. The van der Waals surface area contributed by atoms with Gasteiger partial charge in [0.2, 0.25) is 0 Å². The van der Waals surface area contributed by atoms with Crippen LogP contribution in [0.2, 0.25) is 0 Å². The summed E-state index contributed by atoms with van der Waals surface area (Å²) in [4.78, 5) is 4.53. The number of ether oxygens (including phenoxy) is 1. The first-order chi connectivity index (χ1) is 9.81. The molecule has 0 amide bonds. The van der Waals surface area contributed by atoms with Crippen LogP contribution in [0.25, 0.3) is 10.8 Å². The summed E-state index contributed by atoms with van der Waals surface area (Å²) in [5, 5.41) is 5.69. The zero-order valence-corrected chi connectivity index (χ0v) is 13.0. The first kappa shape index (κ1) is 13.4. The van der Waals surface area contributed by atoms with E-state index in [-0.39, 0.29) is 0 Å². The molecule has 0 saturated carbocycles. The Kier molecular flexibility index (Phi) is 3.92. The largest absolute Gasteiger partial charge is 0.492 e. The van der Waals surface area contributed by atoms with Crippen LogP contribution in [0.5, 0.6) is 5.75 Å². The van der Waals surface area contributed by atoms with E-state index in [2.05, 4.69) is 57.4 Å². The molecule has 1 N–H and O–H groups in total. The van der Waals surface area contributed by atoms with Crippen LogP contribution < -0.4 is 10.1 Å². The molecule has 104 valence electrons. The van der Waals surface area contributed by atoms with Crippen molar-refractivity contribution in [2.45, 2.75) is 13.3 Å². The zero-order chi connectivity index (χ0) is 13.9. The third kappa shape index (κ3) is 2.40. The van der Waals surface area contributed by atoms with Crippen molar-refractivity contribution in [3.63, 3.8) is 0 Å². The fourth-order valence-electron chi connectivity index (χ4n) is 2.38. The maximum atomic E-state index is 5.97. The van der Waals surface area contributed by atoms with Gasteiger partial charge in [-0.05, 0) is 39.2 Å². The summed E-state index contributed by atoms with van der Waals surface area (Å²) in [6.07, 6.45) is 0.985. The predicted octanol–water partition coefficient (Wildman–Crippen LogP) is 3.74. The number of hydrogen-bond donors (Lipinski definition) is 1. The van der Waals surface area contributed by atoms with Gasteiger partial charge in [-0.1, -0.05) is 31.2 Å². The van der Waals surface area contributed by atoms with E-state index in [1.54, 1.807) is 0 Å². The Morgan fingerprint density at radius 1 is 1.35 bits per heavy atom. The van der Waals surface area contributed by atoms with E-state index >= 15 is 0 Å². The first-order valence-corrected chi connectivity index (χ1v) is 7.73. The molecule has 0 unspecified atom stereocenters. The van der Waals surface area contributed by atoms with Gasteiger partial charge in [0.25, 0.3) is 0 Å². The van der Waals surface area contributed by atoms with Crippen molar-refractivity contribution >= 4 is 32.5 Å². The Labute approximate surface area is 127 Å². The molecule has 0 fully saturated rings. The van der Waals surface area contributed by atoms with Gasteiger partial charge in [0.1, 0.15) is 11.6 Å². The lowest BCUT2D eigenvalue weighted by Crippen LogP contribution is -2.20. The lowest BCUT2D eigenvalue weighted by Gasteiger charge is -2.15. The van der Waals surface area contributed by atoms with Gasteiger partial charge in [-0.2, -0.15) is 0 Å². The SMILES string of the molecule is CCCOc1c(C2=NCCN2)cc2ccccc2c1Br. The fraction of sp³-hybridized carbons (Fsp3) is 0.312. The van der Waals surface area contributed by atoms with Gasteiger partial charge in [0.05, 0.1) is 23.2 Å². The molecule has 3 rings (SSSR count). The minimum absolute atomic E-state index is 0.706. The van der Waals surface area contributed by atoms with Crippen molar-refractivity contribution < 1.29 is 4.74 Å². The van der Waals surface area contributed by atoms with Gasteiger partial charge in [-0.3, -0.25) is 4.99 Å². The van der Waals surface area contributed by atoms with Crippen LogP contribution in [0.4, 0.5) is 0 Å². The van der Waals surface area contributed by atoms with Crippen molar-refractivity contribution in [1.82, 2.24) is 5.32 Å². The highest BCUT2D eigenvalue weighted by atomic mass is 79.9. The molecule has 2 aromatic rings. The normalized spacial score (nSPS) is 14.2. The number of fused-ring (bicyclic) bond motifs is 1. The van der Waals surface area contributed by atoms with Crippen molar-refractivity contribution in [3.8, 4) is 5.75 Å². The Balaban J connectivity index is 2.19. The van der Waals surface area contributed by atoms with E-state index in [1.807, 2.05) is 6.07 Å². The van der Waals surface area contributed by atoms with E-state index in [0.717, 1.165) is 41.1 Å². The molecular weight excluding hydrogens is 316 g/mol. The number of aliphatic imine (C=N–C) groups is 1. The van der Waals surface area contributed by atoms with Crippen molar-refractivity contribution in [3.05, 3.63) is 40.4 Å². The molecule has 0 atom stereocenters. The van der Waals surface area contributed by atoms with Gasteiger partial charge in [0.15, 0.2) is 0 Å². The summed E-state index contributed by atoms with van der Waals surface area (Å²) in [5.74, 6) is 1.82. The monoisotopic (exact) mass is 332 g/mol. The van der Waals surface area contributed by atoms with Crippen LogP contribution in [0, 0.1) is 0 Å². The maximum absolute atomic E-state index is 5.97. The van der Waals surface area contributed by atoms with Gasteiger partial charge in [-0.15, -0.1) is 0 Å². The quantitative estimate of drug-likeness (QED) is 0.925. The smallest absolute Gasteiger partial charge is 0.145 e. The maximum Gasteiger partial charge on any atom is 0.145 e. The van der Waals surface area contributed by atoms with E-state index in [9.17, 15) is 0 Å². The van der Waals surface area contributed by atoms with E-state index < -0.39 is 0 Å². The second kappa shape index (κ2) is 5.83. The van der Waals surface area contributed by atoms with Crippen LogP contribution in [-0.4, -0.2) is 25.5 Å². The summed E-state index contributed by atoms with van der Waals surface area (Å²) < 4.78 is 6.98. The van der Waals surface area contributed by atoms with Gasteiger partial charge in [-0.25, -0.2) is 0 Å². The highest BCUT2D eigenvalue weighted by molar-refractivity contribution is 9.10. The zero-order valence-electron chi connectivity index (χ0n) is 11.4. The molecule has 3 nitrogen and oxygen atoms in total. The average Bonchev–Trinajstić information content (AvgIpc) is 3.00. The third-order valence-corrected chi connectivity index (χ3v) is 4.11. The number of rotatable bonds is 4. The van der Waals surface area contributed by atoms with E-state index in [1.165, 1.54) is 10.8 Å². The fourth-order valence-corrected chi connectivity index (χ4v) is 3.07. The topological polar surface area (TPSA) is 33.6 Å². The number of hydrogen-bond acceptors (Lipinski definition) is 3. The molecule has 2 aromatic carbocycles. The minimum Gasteiger partial charge on any atom is -0.492 e. The molecule has 4 heteroatoms. The van der Waals surface area contributed by atoms with E-state index in [0.29, 0.717) is 6.61 Å². The van der Waals surface area contributed by atoms with Crippen LogP contribution >= 0.6 is 15.9 Å². The van der Waals surface area contributed by atoms with E-state index in [4.69, 9.17) is 4.74 Å². The molecule has 0 radical (unpaired) electrons. The lowest BCUT2D eigenvalue weighted by atomic mass is 10.0. The average molecular weight is 333 g/mol. The second-order valence-electron chi connectivity index (χ2n) is 4.79. The molecule has 20 heavy (non-hydrogen) atoms. The highest BCUT2D eigenvalue weighted by Crippen LogP contribution is 2.37. The predicted molar refractivity (Wildman–Crippen MR) is 86.8 cm³/mol. The molecule has 1 aliphatic heterocycles. The Hall–Kier alpha value is -1.55. The summed E-state index contributed by atoms with van der Waals surface area (Å²) in [5.41, 5.74) is 1.04. The molecule has 0 aliphatic carbocycles. The number of nitrogens with zero attached hydrogens (tertiary/aromatic N) is 1. The van der Waals surface area contributed by atoms with Crippen LogP contribution in [0.1, 0.15) is 18.9 Å². The molecular formula is C16H17BrN2O. The third-order valence-electron chi connectivity index (χ3n) is 3.32. The molecule has 0 aromatic heterocycles. The number of benzene rings is 2. The summed E-state index contributed by atoms with van der Waals surface area (Å²) >= 11 is 3.70. The standard InChI is InChI=1S/C16H17BrN2O/c1-2-9-20-15-13(16-18-7-8-19-16)10-11-5-3-4-6-12(11)14(15)17/h3-6,10H,2,7-9H2,1H3,(H,18,19). The number of nitrogens with one attached hydrogen (secondary N) is 1. The molecule has 0 saturated heterocycles. The summed E-state index contributed by atoms with van der Waals surface area (Å²) in [7, 11) is 0. The molecule has 1 aliphatic rings. The van der Waals surface area contributed by atoms with Gasteiger partial charge >= 0.3 is 0 Å². The Bertz CT molecular complexity index is 667. The molecule has 0 bridgehead atoms. The Morgan fingerprint density at radius 3 is 2.95 bits per heavy atom. The molecule has 1 heterocycles. The minimum atomic E-state index is 0.706. The highest BCUT2D eigenvalue weighted by Gasteiger charge is 2.18. The molecule has 0 spiro atoms. The summed E-state index contributed by atoms with van der Waals surface area (Å²) in [6.45, 7) is 4.54. The van der Waals surface area contributed by atoms with Crippen LogP contribution in [-0.2, 0) is 0 Å². The van der Waals surface area contributed by atoms with Gasteiger partial charge in [0, 0.05) is 6.54 Å². The van der Waals surface area contributed by atoms with Crippen molar-refractivity contribution in [2.24, 2.45) is 4.99 Å². The van der Waals surface area contributed by atoms with Crippen LogP contribution in [0.3, 0.4) is 0 Å². The van der Waals surface area contributed by atoms with Crippen molar-refractivity contribution in [2.75, 3.05) is 19.7 Å². The Morgan fingerprint density at radius 2 is 2.20 bits per heavy atom. The van der Waals surface area contributed by atoms with Gasteiger partial charge < -0.3 is 10.1 Å².